The number of nitrogens with zero attached hydrogens (tertiary/aromatic N) is 3. The van der Waals surface area contributed by atoms with E-state index < -0.39 is 5.91 Å². The molecule has 0 atom stereocenters. The summed E-state index contributed by atoms with van der Waals surface area (Å²) in [7, 11) is 3.22. The van der Waals surface area contributed by atoms with Crippen molar-refractivity contribution in [3.05, 3.63) is 58.7 Å². The van der Waals surface area contributed by atoms with Crippen molar-refractivity contribution >= 4 is 17.2 Å². The monoisotopic (exact) mass is 438 g/mol. The SMILES string of the molecule is COc1ccc(CCn2c(-c3csc(-c4ccno4)n3)cc(C(N)=O)c2C)cc1OC. The maximum absolute atomic E-state index is 12.0. The van der Waals surface area contributed by atoms with E-state index in [9.17, 15) is 4.79 Å². The fourth-order valence-corrected chi connectivity index (χ4v) is 4.27. The van der Waals surface area contributed by atoms with Gasteiger partial charge in [-0.15, -0.1) is 11.3 Å². The number of methoxy groups -OCH3 is 2. The third kappa shape index (κ3) is 4.04. The number of nitrogens with two attached hydrogens (primary N) is 1. The molecule has 0 unspecified atom stereocenters. The van der Waals surface area contributed by atoms with Gasteiger partial charge in [0.25, 0.3) is 5.91 Å². The van der Waals surface area contributed by atoms with Crippen LogP contribution in [0, 0.1) is 6.92 Å². The van der Waals surface area contributed by atoms with Crippen LogP contribution in [-0.4, -0.2) is 34.8 Å². The zero-order valence-electron chi connectivity index (χ0n) is 17.4. The fraction of sp³-hybridized carbons (Fsp3) is 0.227. The number of ether oxygens (including phenoxy) is 2. The number of rotatable bonds is 8. The third-order valence-electron chi connectivity index (χ3n) is 5.12. The number of aryl methyl sites for hydroxylation is 1. The van der Waals surface area contributed by atoms with Crippen molar-refractivity contribution in [2.75, 3.05) is 14.2 Å². The average molecular weight is 439 g/mol. The van der Waals surface area contributed by atoms with Gasteiger partial charge >= 0.3 is 0 Å². The molecule has 1 amide bonds. The molecule has 4 aromatic rings. The van der Waals surface area contributed by atoms with Crippen LogP contribution in [0.5, 0.6) is 11.5 Å². The molecule has 0 aliphatic carbocycles. The van der Waals surface area contributed by atoms with Crippen LogP contribution in [0.3, 0.4) is 0 Å². The summed E-state index contributed by atoms with van der Waals surface area (Å²) in [5.74, 6) is 1.50. The summed E-state index contributed by atoms with van der Waals surface area (Å²) in [6.07, 6.45) is 2.30. The maximum Gasteiger partial charge on any atom is 0.250 e. The summed E-state index contributed by atoms with van der Waals surface area (Å²) in [5, 5.41) is 6.39. The van der Waals surface area contributed by atoms with Crippen LogP contribution < -0.4 is 15.2 Å². The maximum atomic E-state index is 12.0. The second kappa shape index (κ2) is 8.65. The summed E-state index contributed by atoms with van der Waals surface area (Å²) >= 11 is 1.45. The number of amides is 1. The van der Waals surface area contributed by atoms with Crippen molar-refractivity contribution in [3.63, 3.8) is 0 Å². The molecule has 8 nitrogen and oxygen atoms in total. The van der Waals surface area contributed by atoms with Crippen molar-refractivity contribution in [2.24, 2.45) is 5.73 Å². The van der Waals surface area contributed by atoms with Crippen LogP contribution in [0.4, 0.5) is 0 Å². The number of benzene rings is 1. The number of hydrogen-bond donors (Lipinski definition) is 1. The Labute approximate surface area is 183 Å². The van der Waals surface area contributed by atoms with Gasteiger partial charge in [-0.2, -0.15) is 0 Å². The van der Waals surface area contributed by atoms with Gasteiger partial charge in [-0.25, -0.2) is 4.98 Å². The van der Waals surface area contributed by atoms with E-state index in [1.54, 1.807) is 32.5 Å². The zero-order valence-corrected chi connectivity index (χ0v) is 18.2. The van der Waals surface area contributed by atoms with Crippen LogP contribution in [0.2, 0.25) is 0 Å². The van der Waals surface area contributed by atoms with Gasteiger partial charge in [-0.1, -0.05) is 11.2 Å². The quantitative estimate of drug-likeness (QED) is 0.447. The Morgan fingerprint density at radius 3 is 2.68 bits per heavy atom. The second-order valence-corrected chi connectivity index (χ2v) is 7.76. The van der Waals surface area contributed by atoms with Gasteiger partial charge in [0.2, 0.25) is 0 Å². The summed E-state index contributed by atoms with van der Waals surface area (Å²) < 4.78 is 18.0. The Morgan fingerprint density at radius 1 is 1.19 bits per heavy atom. The topological polar surface area (TPSA) is 105 Å². The predicted molar refractivity (Wildman–Crippen MR) is 118 cm³/mol. The Kier molecular flexibility index (Phi) is 5.77. The van der Waals surface area contributed by atoms with Crippen molar-refractivity contribution in [3.8, 4) is 33.7 Å². The lowest BCUT2D eigenvalue weighted by atomic mass is 10.1. The van der Waals surface area contributed by atoms with Crippen molar-refractivity contribution in [2.45, 2.75) is 19.9 Å². The molecule has 0 spiro atoms. The first kappa shape index (κ1) is 20.7. The van der Waals surface area contributed by atoms with Crippen LogP contribution in [0.1, 0.15) is 21.6 Å². The molecule has 1 aromatic carbocycles. The average Bonchev–Trinajstić information content (AvgIpc) is 3.51. The van der Waals surface area contributed by atoms with Crippen LogP contribution >= 0.6 is 11.3 Å². The van der Waals surface area contributed by atoms with E-state index >= 15 is 0 Å². The summed E-state index contributed by atoms with van der Waals surface area (Å²) in [4.78, 5) is 16.7. The lowest BCUT2D eigenvalue weighted by Gasteiger charge is -2.13. The van der Waals surface area contributed by atoms with Crippen LogP contribution in [-0.2, 0) is 13.0 Å². The van der Waals surface area contributed by atoms with Gasteiger partial charge in [0, 0.05) is 23.7 Å². The summed E-state index contributed by atoms with van der Waals surface area (Å²) in [5.41, 5.74) is 9.55. The van der Waals surface area contributed by atoms with E-state index in [1.165, 1.54) is 11.3 Å². The molecule has 0 radical (unpaired) electrons. The Balaban J connectivity index is 1.67. The second-order valence-electron chi connectivity index (χ2n) is 6.90. The van der Waals surface area contributed by atoms with Gasteiger partial charge in [-0.3, -0.25) is 4.79 Å². The number of carbonyl (C=O) groups excluding carboxylic acids is 1. The van der Waals surface area contributed by atoms with E-state index in [1.807, 2.05) is 30.5 Å². The Hall–Kier alpha value is -3.59. The Morgan fingerprint density at radius 2 is 2.00 bits per heavy atom. The molecule has 4 rings (SSSR count). The lowest BCUT2D eigenvalue weighted by molar-refractivity contribution is 0.0999. The van der Waals surface area contributed by atoms with Gasteiger partial charge in [0.1, 0.15) is 0 Å². The first-order valence-corrected chi connectivity index (χ1v) is 10.5. The highest BCUT2D eigenvalue weighted by Crippen LogP contribution is 2.32. The molecule has 0 fully saturated rings. The molecular weight excluding hydrogens is 416 g/mol. The minimum Gasteiger partial charge on any atom is -0.493 e. The molecule has 3 aromatic heterocycles. The molecular formula is C22H22N4O4S. The van der Waals surface area contributed by atoms with Gasteiger partial charge in [0.15, 0.2) is 22.3 Å². The first-order chi connectivity index (χ1) is 15.0. The number of hydrogen-bond acceptors (Lipinski definition) is 7. The van der Waals surface area contributed by atoms with E-state index in [0.717, 1.165) is 34.1 Å². The third-order valence-corrected chi connectivity index (χ3v) is 5.98. The first-order valence-electron chi connectivity index (χ1n) is 9.59. The molecule has 0 saturated carbocycles. The van der Waals surface area contributed by atoms with Crippen molar-refractivity contribution < 1.29 is 18.8 Å². The minimum atomic E-state index is -0.464. The molecule has 0 bridgehead atoms. The molecule has 0 aliphatic heterocycles. The summed E-state index contributed by atoms with van der Waals surface area (Å²) in [6, 6.07) is 9.40. The molecule has 9 heteroatoms. The summed E-state index contributed by atoms with van der Waals surface area (Å²) in [6.45, 7) is 2.53. The van der Waals surface area contributed by atoms with Gasteiger partial charge in [0.05, 0.1) is 37.4 Å². The predicted octanol–water partition coefficient (Wildman–Crippen LogP) is 3.93. The molecule has 2 N–H and O–H groups in total. The van der Waals surface area contributed by atoms with E-state index in [4.69, 9.17) is 19.7 Å². The zero-order chi connectivity index (χ0) is 22.0. The van der Waals surface area contributed by atoms with E-state index in [0.29, 0.717) is 29.4 Å². The number of carbonyl (C=O) groups is 1. The van der Waals surface area contributed by atoms with Crippen molar-refractivity contribution in [1.29, 1.82) is 0 Å². The number of thiazole rings is 1. The number of primary amides is 1. The molecule has 0 saturated heterocycles. The van der Waals surface area contributed by atoms with Gasteiger partial charge in [-0.05, 0) is 37.1 Å². The largest absolute Gasteiger partial charge is 0.493 e. The smallest absolute Gasteiger partial charge is 0.250 e. The highest BCUT2D eigenvalue weighted by molar-refractivity contribution is 7.13. The van der Waals surface area contributed by atoms with Crippen molar-refractivity contribution in [1.82, 2.24) is 14.7 Å². The molecule has 0 aliphatic rings. The normalized spacial score (nSPS) is 10.9. The minimum absolute atomic E-state index is 0.464. The molecule has 31 heavy (non-hydrogen) atoms. The highest BCUT2D eigenvalue weighted by atomic mass is 32.1. The molecule has 3 heterocycles. The standard InChI is InChI=1S/C22H22N4O4S/c1-13-15(21(23)27)11-17(16-12-31-22(25-16)19-6-8-24-30-19)26(13)9-7-14-4-5-18(28-2)20(10-14)29-3/h4-6,8,10-12H,7,9H2,1-3H3,(H2,23,27). The fourth-order valence-electron chi connectivity index (χ4n) is 3.50. The molecule has 160 valence electrons. The van der Waals surface area contributed by atoms with E-state index in [2.05, 4.69) is 14.7 Å². The number of aromatic nitrogens is 3. The highest BCUT2D eigenvalue weighted by Gasteiger charge is 2.19. The van der Waals surface area contributed by atoms with Crippen LogP contribution in [0.25, 0.3) is 22.2 Å². The van der Waals surface area contributed by atoms with Crippen LogP contribution in [0.15, 0.2) is 46.4 Å². The Bertz CT molecular complexity index is 1210. The lowest BCUT2D eigenvalue weighted by Crippen LogP contribution is -2.13. The van der Waals surface area contributed by atoms with E-state index in [-0.39, 0.29) is 0 Å². The van der Waals surface area contributed by atoms with Gasteiger partial charge < -0.3 is 24.3 Å².